The maximum absolute atomic E-state index is 12.1. The summed E-state index contributed by atoms with van der Waals surface area (Å²) in [4.78, 5) is 0.224. The molecule has 0 spiro atoms. The highest BCUT2D eigenvalue weighted by atomic mass is 32.2. The summed E-state index contributed by atoms with van der Waals surface area (Å²) in [5.74, 6) is 2.51. The van der Waals surface area contributed by atoms with E-state index in [1.165, 1.54) is 0 Å². The van der Waals surface area contributed by atoms with Crippen LogP contribution < -0.4 is 10.1 Å². The normalized spacial score (nSPS) is 15.3. The fourth-order valence-corrected chi connectivity index (χ4v) is 4.33. The first-order valence-electron chi connectivity index (χ1n) is 6.99. The zero-order chi connectivity index (χ0) is 16.3. The van der Waals surface area contributed by atoms with Gasteiger partial charge in [0.25, 0.3) is 10.0 Å². The van der Waals surface area contributed by atoms with Gasteiger partial charge in [0.05, 0.1) is 18.6 Å². The van der Waals surface area contributed by atoms with Gasteiger partial charge in [-0.2, -0.15) is 8.42 Å². The van der Waals surface area contributed by atoms with Gasteiger partial charge < -0.3 is 10.1 Å². The lowest BCUT2D eigenvalue weighted by Crippen LogP contribution is -2.23. The summed E-state index contributed by atoms with van der Waals surface area (Å²) in [5, 5.41) is 3.09. The van der Waals surface area contributed by atoms with Crippen molar-refractivity contribution in [1.82, 2.24) is 0 Å². The molecule has 0 saturated carbocycles. The number of nitrogens with zero attached hydrogens (tertiary/aromatic N) is 1. The average Bonchev–Trinajstić information content (AvgIpc) is 2.54. The average molecular weight is 348 g/mol. The summed E-state index contributed by atoms with van der Waals surface area (Å²) >= 11 is 1.59. The van der Waals surface area contributed by atoms with Gasteiger partial charge in [0.1, 0.15) is 16.5 Å². The third-order valence-electron chi connectivity index (χ3n) is 3.32. The molecule has 5 nitrogen and oxygen atoms in total. The second-order valence-corrected chi connectivity index (χ2v) is 7.54. The second kappa shape index (κ2) is 6.64. The van der Waals surface area contributed by atoms with E-state index in [-0.39, 0.29) is 4.90 Å². The highest BCUT2D eigenvalue weighted by molar-refractivity contribution is 7.99. The third kappa shape index (κ3) is 3.68. The molecular formula is C16H16N2O3S2. The van der Waals surface area contributed by atoms with E-state index in [1.54, 1.807) is 43.1 Å². The quantitative estimate of drug-likeness (QED) is 0.899. The zero-order valence-electron chi connectivity index (χ0n) is 12.5. The van der Waals surface area contributed by atoms with E-state index in [1.807, 2.05) is 24.3 Å². The van der Waals surface area contributed by atoms with Crippen LogP contribution in [-0.4, -0.2) is 27.1 Å². The number of methoxy groups -OCH3 is 1. The molecule has 0 bridgehead atoms. The van der Waals surface area contributed by atoms with E-state index in [9.17, 15) is 8.42 Å². The fraction of sp³-hybridized carbons (Fsp3) is 0.188. The van der Waals surface area contributed by atoms with Crippen molar-refractivity contribution < 1.29 is 13.2 Å². The Hall–Kier alpha value is -1.99. The number of thioether (sulfide) groups is 1. The van der Waals surface area contributed by atoms with Crippen LogP contribution in [-0.2, 0) is 15.8 Å². The molecule has 1 aliphatic heterocycles. The number of nitrogens with one attached hydrogen (secondary N) is 1. The lowest BCUT2D eigenvalue weighted by Gasteiger charge is -2.17. The van der Waals surface area contributed by atoms with Crippen molar-refractivity contribution in [1.29, 1.82) is 0 Å². The molecule has 2 aromatic rings. The van der Waals surface area contributed by atoms with Crippen LogP contribution >= 0.6 is 11.8 Å². The molecule has 1 heterocycles. The van der Waals surface area contributed by atoms with Gasteiger partial charge in [0.15, 0.2) is 0 Å². The number of ether oxygens (including phenoxy) is 1. The molecule has 0 radical (unpaired) electrons. The number of anilines is 1. The van der Waals surface area contributed by atoms with Crippen molar-refractivity contribution in [2.45, 2.75) is 10.6 Å². The molecule has 1 N–H and O–H groups in total. The maximum Gasteiger partial charge on any atom is 0.286 e. The molecule has 23 heavy (non-hydrogen) atoms. The van der Waals surface area contributed by atoms with Crippen molar-refractivity contribution in [3.8, 4) is 5.75 Å². The predicted octanol–water partition coefficient (Wildman–Crippen LogP) is 3.14. The van der Waals surface area contributed by atoms with Gasteiger partial charge >= 0.3 is 0 Å². The van der Waals surface area contributed by atoms with Gasteiger partial charge in [-0.25, -0.2) is 0 Å². The minimum atomic E-state index is -3.60. The Kier molecular flexibility index (Phi) is 4.58. The van der Waals surface area contributed by atoms with E-state index in [0.29, 0.717) is 17.3 Å². The maximum atomic E-state index is 12.1. The van der Waals surface area contributed by atoms with Crippen molar-refractivity contribution >= 4 is 33.3 Å². The highest BCUT2D eigenvalue weighted by Gasteiger charge is 2.23. The van der Waals surface area contributed by atoms with E-state index in [2.05, 4.69) is 9.71 Å². The van der Waals surface area contributed by atoms with Crippen LogP contribution in [0.4, 0.5) is 5.69 Å². The first-order valence-corrected chi connectivity index (χ1v) is 9.58. The lowest BCUT2D eigenvalue weighted by atomic mass is 10.2. The van der Waals surface area contributed by atoms with Crippen molar-refractivity contribution in [2.75, 3.05) is 18.2 Å². The van der Waals surface area contributed by atoms with Crippen LogP contribution in [0.3, 0.4) is 0 Å². The number of hydrogen-bond acceptors (Lipinski definition) is 5. The first kappa shape index (κ1) is 15.9. The Labute approximate surface area is 139 Å². The minimum Gasteiger partial charge on any atom is -0.497 e. The third-order valence-corrected chi connectivity index (χ3v) is 5.70. The van der Waals surface area contributed by atoms with Crippen LogP contribution in [0, 0.1) is 0 Å². The van der Waals surface area contributed by atoms with Gasteiger partial charge in [-0.15, -0.1) is 16.2 Å². The number of sulfonamides is 1. The second-order valence-electron chi connectivity index (χ2n) is 4.98. The highest BCUT2D eigenvalue weighted by Crippen LogP contribution is 2.27. The van der Waals surface area contributed by atoms with Crippen LogP contribution in [0.2, 0.25) is 0 Å². The van der Waals surface area contributed by atoms with Crippen LogP contribution in [0.15, 0.2) is 57.8 Å². The summed E-state index contributed by atoms with van der Waals surface area (Å²) in [6.45, 7) is 0. The van der Waals surface area contributed by atoms with Crippen molar-refractivity contribution in [3.05, 3.63) is 54.1 Å². The van der Waals surface area contributed by atoms with Gasteiger partial charge in [0, 0.05) is 5.75 Å². The molecular weight excluding hydrogens is 332 g/mol. The van der Waals surface area contributed by atoms with Crippen LogP contribution in [0.1, 0.15) is 5.56 Å². The number of rotatable bonds is 5. The first-order chi connectivity index (χ1) is 11.1. The van der Waals surface area contributed by atoms with Gasteiger partial charge in [-0.1, -0.05) is 24.3 Å². The number of amidine groups is 1. The summed E-state index contributed by atoms with van der Waals surface area (Å²) in [7, 11) is -1.97. The molecule has 0 amide bonds. The predicted molar refractivity (Wildman–Crippen MR) is 93.8 cm³/mol. The van der Waals surface area contributed by atoms with Crippen LogP contribution in [0.25, 0.3) is 0 Å². The Morgan fingerprint density at radius 2 is 1.96 bits per heavy atom. The van der Waals surface area contributed by atoms with Gasteiger partial charge in [0.2, 0.25) is 0 Å². The standard InChI is InChI=1S/C16H16N2O3S2/c1-21-13-6-4-5-12(9-13)10-22-11-16-17-14-7-2-3-8-15(14)23(19,20)18-16/h2-9H,10-11H2,1H3,(H,17,18). The Morgan fingerprint density at radius 3 is 2.78 bits per heavy atom. The topological polar surface area (TPSA) is 67.8 Å². The SMILES string of the molecule is COc1cccc(CSCC2=NS(=O)(=O)c3ccccc3N2)c1. The summed E-state index contributed by atoms with van der Waals surface area (Å²) < 4.78 is 33.3. The molecule has 7 heteroatoms. The Bertz CT molecular complexity index is 848. The Morgan fingerprint density at radius 1 is 1.13 bits per heavy atom. The lowest BCUT2D eigenvalue weighted by molar-refractivity contribution is 0.414. The number of fused-ring (bicyclic) bond motifs is 1. The molecule has 0 unspecified atom stereocenters. The van der Waals surface area contributed by atoms with E-state index >= 15 is 0 Å². The minimum absolute atomic E-state index is 0.224. The molecule has 0 aromatic heterocycles. The summed E-state index contributed by atoms with van der Waals surface area (Å²) in [5.41, 5.74) is 1.70. The number of benzene rings is 2. The summed E-state index contributed by atoms with van der Waals surface area (Å²) in [6.07, 6.45) is 0. The molecule has 0 atom stereocenters. The van der Waals surface area contributed by atoms with Gasteiger partial charge in [-0.3, -0.25) is 0 Å². The monoisotopic (exact) mass is 348 g/mol. The number of para-hydroxylation sites is 1. The van der Waals surface area contributed by atoms with E-state index in [0.717, 1.165) is 17.1 Å². The summed E-state index contributed by atoms with van der Waals surface area (Å²) in [6, 6.07) is 14.6. The van der Waals surface area contributed by atoms with Crippen molar-refractivity contribution in [2.24, 2.45) is 4.40 Å². The molecule has 0 aliphatic carbocycles. The molecule has 0 saturated heterocycles. The largest absolute Gasteiger partial charge is 0.497 e. The van der Waals surface area contributed by atoms with E-state index in [4.69, 9.17) is 4.74 Å². The molecule has 1 aliphatic rings. The Balaban J connectivity index is 1.66. The van der Waals surface area contributed by atoms with Crippen LogP contribution in [0.5, 0.6) is 5.75 Å². The molecule has 2 aromatic carbocycles. The smallest absolute Gasteiger partial charge is 0.286 e. The van der Waals surface area contributed by atoms with E-state index < -0.39 is 10.0 Å². The van der Waals surface area contributed by atoms with Gasteiger partial charge in [-0.05, 0) is 29.8 Å². The van der Waals surface area contributed by atoms with Crippen molar-refractivity contribution in [3.63, 3.8) is 0 Å². The zero-order valence-corrected chi connectivity index (χ0v) is 14.2. The molecule has 0 fully saturated rings. The number of hydrogen-bond donors (Lipinski definition) is 1. The fourth-order valence-electron chi connectivity index (χ4n) is 2.26. The molecule has 120 valence electrons. The molecule has 3 rings (SSSR count).